The van der Waals surface area contributed by atoms with E-state index in [1.54, 1.807) is 6.07 Å². The van der Waals surface area contributed by atoms with E-state index in [0.717, 1.165) is 37.9 Å². The minimum atomic E-state index is -0.827. The molecule has 0 aromatic heterocycles. The molecule has 24 heavy (non-hydrogen) atoms. The van der Waals surface area contributed by atoms with E-state index in [0.29, 0.717) is 0 Å². The molecule has 1 aliphatic rings. The Morgan fingerprint density at radius 1 is 1.33 bits per heavy atom. The van der Waals surface area contributed by atoms with E-state index < -0.39 is 17.6 Å². The Morgan fingerprint density at radius 2 is 2.04 bits per heavy atom. The summed E-state index contributed by atoms with van der Waals surface area (Å²) in [5.74, 6) is -2.46. The molecule has 2 rings (SSSR count). The number of carbonyl (C=O) groups is 1. The number of aliphatic carboxylic acids is 1. The summed E-state index contributed by atoms with van der Waals surface area (Å²) in [6.45, 7) is 3.73. The van der Waals surface area contributed by atoms with Gasteiger partial charge in [-0.1, -0.05) is 6.07 Å². The lowest BCUT2D eigenvalue weighted by atomic mass is 10.1. The summed E-state index contributed by atoms with van der Waals surface area (Å²) in [5.41, 5.74) is 0.765. The van der Waals surface area contributed by atoms with Gasteiger partial charge in [-0.3, -0.25) is 14.6 Å². The van der Waals surface area contributed by atoms with Crippen LogP contribution in [0.25, 0.3) is 0 Å². The fraction of sp³-hybridized carbons (Fsp3) is 0.588. The van der Waals surface area contributed by atoms with Gasteiger partial charge in [-0.2, -0.15) is 0 Å². The van der Waals surface area contributed by atoms with E-state index in [2.05, 4.69) is 4.90 Å². The minimum Gasteiger partial charge on any atom is -0.480 e. The highest BCUT2D eigenvalue weighted by atomic mass is 35.5. The molecule has 1 aromatic rings. The quantitative estimate of drug-likeness (QED) is 0.872. The maximum absolute atomic E-state index is 13.4. The second kappa shape index (κ2) is 9.30. The lowest BCUT2D eigenvalue weighted by Gasteiger charge is -2.29. The van der Waals surface area contributed by atoms with Crippen LogP contribution in [0.2, 0.25) is 0 Å². The largest absolute Gasteiger partial charge is 0.480 e. The molecule has 136 valence electrons. The van der Waals surface area contributed by atoms with E-state index >= 15 is 0 Å². The summed E-state index contributed by atoms with van der Waals surface area (Å²) < 4.78 is 26.5. The number of hydrogen-bond acceptors (Lipinski definition) is 3. The number of halogens is 3. The van der Waals surface area contributed by atoms with Crippen molar-refractivity contribution in [2.75, 3.05) is 26.7 Å². The van der Waals surface area contributed by atoms with Crippen LogP contribution in [0.3, 0.4) is 0 Å². The lowest BCUT2D eigenvalue weighted by Crippen LogP contribution is -2.36. The van der Waals surface area contributed by atoms with Crippen molar-refractivity contribution in [2.45, 2.75) is 38.3 Å². The van der Waals surface area contributed by atoms with Crippen molar-refractivity contribution in [2.24, 2.45) is 0 Å². The first kappa shape index (κ1) is 20.8. The zero-order valence-corrected chi connectivity index (χ0v) is 14.9. The second-order valence-corrected chi connectivity index (χ2v) is 6.28. The van der Waals surface area contributed by atoms with Crippen molar-refractivity contribution in [3.63, 3.8) is 0 Å². The van der Waals surface area contributed by atoms with Gasteiger partial charge in [-0.25, -0.2) is 8.78 Å². The summed E-state index contributed by atoms with van der Waals surface area (Å²) >= 11 is 0. The van der Waals surface area contributed by atoms with Gasteiger partial charge in [-0.05, 0) is 57.5 Å². The van der Waals surface area contributed by atoms with E-state index in [-0.39, 0.29) is 31.0 Å². The van der Waals surface area contributed by atoms with Crippen molar-refractivity contribution >= 4 is 18.4 Å². The summed E-state index contributed by atoms with van der Waals surface area (Å²) in [7, 11) is 1.84. The van der Waals surface area contributed by atoms with E-state index in [1.165, 1.54) is 12.1 Å². The van der Waals surface area contributed by atoms with Crippen LogP contribution in [0, 0.1) is 11.6 Å². The number of rotatable bonds is 5. The summed E-state index contributed by atoms with van der Waals surface area (Å²) in [4.78, 5) is 15.0. The first-order chi connectivity index (χ1) is 10.9. The summed E-state index contributed by atoms with van der Waals surface area (Å²) in [6, 6.07) is 4.31. The van der Waals surface area contributed by atoms with Crippen LogP contribution in [0.1, 0.15) is 37.8 Å². The Morgan fingerprint density at radius 3 is 2.67 bits per heavy atom. The van der Waals surface area contributed by atoms with Crippen molar-refractivity contribution in [1.82, 2.24) is 9.80 Å². The third kappa shape index (κ3) is 5.40. The maximum Gasteiger partial charge on any atom is 0.317 e. The predicted octanol–water partition coefficient (Wildman–Crippen LogP) is 3.32. The highest BCUT2D eigenvalue weighted by Gasteiger charge is 2.24. The highest BCUT2D eigenvalue weighted by Crippen LogP contribution is 2.26. The average molecular weight is 363 g/mol. The minimum absolute atomic E-state index is 0. The molecule has 0 amide bonds. The molecule has 0 saturated carbocycles. The molecule has 1 fully saturated rings. The Hall–Kier alpha value is -1.24. The van der Waals surface area contributed by atoms with Crippen molar-refractivity contribution in [3.05, 3.63) is 35.4 Å². The summed E-state index contributed by atoms with van der Waals surface area (Å²) in [6.07, 6.45) is 2.78. The number of nitrogens with zero attached hydrogens (tertiary/aromatic N) is 2. The molecule has 1 aliphatic heterocycles. The van der Waals surface area contributed by atoms with E-state index in [4.69, 9.17) is 5.11 Å². The topological polar surface area (TPSA) is 43.8 Å². The summed E-state index contributed by atoms with van der Waals surface area (Å²) in [5, 5.41) is 8.90. The van der Waals surface area contributed by atoms with Gasteiger partial charge in [0.05, 0.1) is 6.54 Å². The second-order valence-electron chi connectivity index (χ2n) is 6.28. The number of benzene rings is 1. The molecule has 1 heterocycles. The monoisotopic (exact) mass is 362 g/mol. The molecule has 0 aliphatic carbocycles. The van der Waals surface area contributed by atoms with Gasteiger partial charge >= 0.3 is 5.97 Å². The Labute approximate surface area is 147 Å². The van der Waals surface area contributed by atoms with Crippen LogP contribution < -0.4 is 0 Å². The van der Waals surface area contributed by atoms with Crippen LogP contribution in [-0.4, -0.2) is 53.6 Å². The van der Waals surface area contributed by atoms with Crippen LogP contribution in [0.4, 0.5) is 8.78 Å². The molecule has 0 radical (unpaired) electrons. The molecular weight excluding hydrogens is 338 g/mol. The molecule has 0 spiro atoms. The van der Waals surface area contributed by atoms with Crippen LogP contribution in [-0.2, 0) is 4.79 Å². The average Bonchev–Trinajstić information content (AvgIpc) is 2.74. The molecule has 2 unspecified atom stereocenters. The van der Waals surface area contributed by atoms with Gasteiger partial charge in [0, 0.05) is 18.6 Å². The van der Waals surface area contributed by atoms with E-state index in [9.17, 15) is 13.6 Å². The fourth-order valence-electron chi connectivity index (χ4n) is 3.25. The van der Waals surface area contributed by atoms with Gasteiger partial charge in [0.2, 0.25) is 0 Å². The van der Waals surface area contributed by atoms with Gasteiger partial charge in [0.1, 0.15) is 0 Å². The Kier molecular flexibility index (Phi) is 8.06. The molecule has 2 atom stereocenters. The molecule has 4 nitrogen and oxygen atoms in total. The van der Waals surface area contributed by atoms with Crippen LogP contribution in [0.15, 0.2) is 18.2 Å². The molecule has 1 aromatic carbocycles. The molecular formula is C17H25ClF2N2O2. The van der Waals surface area contributed by atoms with Gasteiger partial charge in [0.15, 0.2) is 11.6 Å². The van der Waals surface area contributed by atoms with Crippen LogP contribution in [0.5, 0.6) is 0 Å². The smallest absolute Gasteiger partial charge is 0.317 e. The van der Waals surface area contributed by atoms with Gasteiger partial charge in [-0.15, -0.1) is 12.4 Å². The van der Waals surface area contributed by atoms with Crippen molar-refractivity contribution in [3.8, 4) is 0 Å². The Balaban J connectivity index is 0.00000288. The number of carboxylic acid groups (broad SMARTS) is 1. The van der Waals surface area contributed by atoms with Crippen molar-refractivity contribution < 1.29 is 18.7 Å². The SMILES string of the molecule is CC(c1ccc(F)c(F)c1)N1CCCC(N(C)CC(=O)O)CC1.Cl. The first-order valence-electron chi connectivity index (χ1n) is 7.99. The highest BCUT2D eigenvalue weighted by molar-refractivity contribution is 5.85. The molecule has 7 heteroatoms. The number of likely N-dealkylation sites (tertiary alicyclic amines) is 1. The van der Waals surface area contributed by atoms with Crippen molar-refractivity contribution in [1.29, 1.82) is 0 Å². The molecule has 0 bridgehead atoms. The Bertz CT molecular complexity index is 559. The fourth-order valence-corrected chi connectivity index (χ4v) is 3.25. The van der Waals surface area contributed by atoms with Crippen LogP contribution >= 0.6 is 12.4 Å². The zero-order chi connectivity index (χ0) is 17.0. The van der Waals surface area contributed by atoms with Gasteiger partial charge in [0.25, 0.3) is 0 Å². The standard InChI is InChI=1S/C17H24F2N2O2.ClH/c1-12(13-5-6-15(18)16(19)10-13)21-8-3-4-14(7-9-21)20(2)11-17(22)23;/h5-6,10,12,14H,3-4,7-9,11H2,1-2H3,(H,22,23);1H. The van der Waals surface area contributed by atoms with E-state index in [1.807, 2.05) is 18.9 Å². The normalized spacial score (nSPS) is 20.3. The number of likely N-dealkylation sites (N-methyl/N-ethyl adjacent to an activating group) is 1. The third-order valence-electron chi connectivity index (χ3n) is 4.71. The third-order valence-corrected chi connectivity index (χ3v) is 4.71. The lowest BCUT2D eigenvalue weighted by molar-refractivity contribution is -0.138. The zero-order valence-electron chi connectivity index (χ0n) is 14.0. The maximum atomic E-state index is 13.4. The predicted molar refractivity (Wildman–Crippen MR) is 91.5 cm³/mol. The first-order valence-corrected chi connectivity index (χ1v) is 7.99. The molecule has 1 saturated heterocycles. The molecule has 1 N–H and O–H groups in total. The van der Waals surface area contributed by atoms with Gasteiger partial charge < -0.3 is 5.11 Å². The number of carboxylic acids is 1. The number of hydrogen-bond donors (Lipinski definition) is 1.